The second kappa shape index (κ2) is 13.8. The van der Waals surface area contributed by atoms with Crippen LogP contribution in [-0.2, 0) is 14.4 Å². The first kappa shape index (κ1) is 24.8. The van der Waals surface area contributed by atoms with Crippen LogP contribution in [0.4, 0.5) is 0 Å². The van der Waals surface area contributed by atoms with Crippen LogP contribution in [0, 0.1) is 0 Å². The van der Waals surface area contributed by atoms with Crippen molar-refractivity contribution in [3.05, 3.63) is 0 Å². The molecule has 0 saturated carbocycles. The van der Waals surface area contributed by atoms with Gasteiger partial charge in [-0.05, 0) is 13.8 Å². The number of hydrogen-bond acceptors (Lipinski definition) is 5. The Morgan fingerprint density at radius 1 is 1.21 bits per heavy atom. The Labute approximate surface area is 157 Å². The molecule has 0 aliphatic heterocycles. The van der Waals surface area contributed by atoms with Crippen LogP contribution < -0.4 is 5.32 Å². The number of likely N-dealkylation sites (N-methyl/N-ethyl adjacent to an activating group) is 1. The van der Waals surface area contributed by atoms with Gasteiger partial charge >= 0.3 is 71.1 Å². The Morgan fingerprint density at radius 2 is 1.74 bits per heavy atom. The fraction of sp³-hybridized carbons (Fsp3) is 0.800. The summed E-state index contributed by atoms with van der Waals surface area (Å²) >= 11 is 0. The van der Waals surface area contributed by atoms with Crippen molar-refractivity contribution >= 4 is 71.1 Å². The molecular weight excluding hydrogens is 274 g/mol. The van der Waals surface area contributed by atoms with Crippen LogP contribution in [0.15, 0.2) is 0 Å². The minimum atomic E-state index is -1.03. The molecule has 0 radical (unpaired) electrons. The summed E-state index contributed by atoms with van der Waals surface area (Å²) in [4.78, 5) is 26.3. The summed E-state index contributed by atoms with van der Waals surface area (Å²) in [5.74, 6) is -1.96. The number of hydroxylamine groups is 2. The Balaban J connectivity index is -0.00000128. The molecule has 0 spiro atoms. The third-order valence-electron chi connectivity index (χ3n) is 2.19. The maximum atomic E-state index is 10.6. The molecule has 0 aliphatic rings. The quantitative estimate of drug-likeness (QED) is 0.351. The standard InChI is InChI=1S/C10H20N2O5.2Na.2H/c1-4-12(17-8(3)10(15)16)6-5-11-7(2)9(13)14;;;;/h7-8,11H,4-6H2,1-3H3,(H,13,14)(H,15,16);;;;. The Kier molecular flexibility index (Phi) is 18.0. The van der Waals surface area contributed by atoms with Gasteiger partial charge in [-0.25, -0.2) is 4.79 Å². The molecule has 7 nitrogen and oxygen atoms in total. The van der Waals surface area contributed by atoms with Gasteiger partial charge in [-0.3, -0.25) is 9.63 Å². The number of nitrogens with one attached hydrogen (secondary N) is 1. The maximum absolute atomic E-state index is 10.6. The van der Waals surface area contributed by atoms with Crippen LogP contribution in [0.5, 0.6) is 0 Å². The van der Waals surface area contributed by atoms with Crippen LogP contribution >= 0.6 is 0 Å². The molecule has 0 aromatic carbocycles. The summed E-state index contributed by atoms with van der Waals surface area (Å²) < 4.78 is 0. The van der Waals surface area contributed by atoms with Gasteiger partial charge in [-0.15, -0.1) is 0 Å². The van der Waals surface area contributed by atoms with Crippen LogP contribution in [-0.4, -0.2) is 118 Å². The van der Waals surface area contributed by atoms with Gasteiger partial charge in [-0.2, -0.15) is 5.06 Å². The summed E-state index contributed by atoms with van der Waals surface area (Å²) in [7, 11) is 0. The Hall–Kier alpha value is 0.820. The van der Waals surface area contributed by atoms with Gasteiger partial charge in [0.2, 0.25) is 0 Å². The summed E-state index contributed by atoms with van der Waals surface area (Å²) in [6.07, 6.45) is -0.910. The summed E-state index contributed by atoms with van der Waals surface area (Å²) in [6, 6.07) is -0.634. The van der Waals surface area contributed by atoms with Crippen molar-refractivity contribution in [3.8, 4) is 0 Å². The summed E-state index contributed by atoms with van der Waals surface area (Å²) in [5.41, 5.74) is 0. The Bertz CT molecular complexity index is 268. The molecular formula is C10H22N2Na2O5. The Morgan fingerprint density at radius 3 is 2.11 bits per heavy atom. The van der Waals surface area contributed by atoms with Gasteiger partial charge in [0, 0.05) is 19.6 Å². The van der Waals surface area contributed by atoms with E-state index in [1.807, 2.05) is 6.92 Å². The average molecular weight is 296 g/mol. The molecule has 0 bridgehead atoms. The van der Waals surface area contributed by atoms with Gasteiger partial charge in [-0.1, -0.05) is 6.92 Å². The molecule has 19 heavy (non-hydrogen) atoms. The molecule has 0 amide bonds. The molecule has 104 valence electrons. The molecule has 0 aromatic heterocycles. The zero-order valence-corrected chi connectivity index (χ0v) is 10.3. The zero-order valence-electron chi connectivity index (χ0n) is 10.3. The topological polar surface area (TPSA) is 99.1 Å². The molecule has 9 heteroatoms. The SMILES string of the molecule is CCN(CCNC(C)C(=O)O)OC(C)C(=O)O.[NaH].[NaH]. The molecule has 0 fully saturated rings. The van der Waals surface area contributed by atoms with E-state index in [0.717, 1.165) is 0 Å². The molecule has 2 unspecified atom stereocenters. The van der Waals surface area contributed by atoms with E-state index in [0.29, 0.717) is 19.6 Å². The van der Waals surface area contributed by atoms with Crippen LogP contribution in [0.2, 0.25) is 0 Å². The van der Waals surface area contributed by atoms with Crippen molar-refractivity contribution in [3.63, 3.8) is 0 Å². The van der Waals surface area contributed by atoms with E-state index in [9.17, 15) is 9.59 Å². The van der Waals surface area contributed by atoms with E-state index < -0.39 is 24.1 Å². The molecule has 0 aromatic rings. The van der Waals surface area contributed by atoms with Gasteiger partial charge < -0.3 is 15.5 Å². The molecule has 0 aliphatic carbocycles. The van der Waals surface area contributed by atoms with E-state index in [1.165, 1.54) is 12.0 Å². The third kappa shape index (κ3) is 12.3. The first-order valence-corrected chi connectivity index (χ1v) is 5.49. The number of aliphatic carboxylic acids is 2. The number of carbonyl (C=O) groups is 2. The zero-order chi connectivity index (χ0) is 13.4. The van der Waals surface area contributed by atoms with E-state index in [4.69, 9.17) is 15.1 Å². The fourth-order valence-electron chi connectivity index (χ4n) is 1.05. The van der Waals surface area contributed by atoms with Gasteiger partial charge in [0.1, 0.15) is 6.04 Å². The van der Waals surface area contributed by atoms with Crippen molar-refractivity contribution in [2.45, 2.75) is 32.9 Å². The van der Waals surface area contributed by atoms with E-state index in [-0.39, 0.29) is 59.1 Å². The van der Waals surface area contributed by atoms with Gasteiger partial charge in [0.25, 0.3) is 0 Å². The van der Waals surface area contributed by atoms with E-state index >= 15 is 0 Å². The fourth-order valence-corrected chi connectivity index (χ4v) is 1.05. The van der Waals surface area contributed by atoms with Crippen molar-refractivity contribution in [2.24, 2.45) is 0 Å². The number of nitrogens with zero attached hydrogens (tertiary/aromatic N) is 1. The predicted octanol–water partition coefficient (Wildman–Crippen LogP) is -1.52. The van der Waals surface area contributed by atoms with Gasteiger partial charge in [0.15, 0.2) is 6.10 Å². The molecule has 3 N–H and O–H groups in total. The monoisotopic (exact) mass is 296 g/mol. The second-order valence-electron chi connectivity index (χ2n) is 3.62. The normalized spacial score (nSPS) is 13.1. The van der Waals surface area contributed by atoms with E-state index in [1.54, 1.807) is 6.92 Å². The predicted molar refractivity (Wildman–Crippen MR) is 74.8 cm³/mol. The van der Waals surface area contributed by atoms with Crippen molar-refractivity contribution in [1.29, 1.82) is 0 Å². The van der Waals surface area contributed by atoms with Crippen molar-refractivity contribution < 1.29 is 24.6 Å². The number of hydrogen-bond donors (Lipinski definition) is 3. The first-order chi connectivity index (χ1) is 7.88. The van der Waals surface area contributed by atoms with Crippen molar-refractivity contribution in [2.75, 3.05) is 19.6 Å². The second-order valence-corrected chi connectivity index (χ2v) is 3.62. The molecule has 0 heterocycles. The van der Waals surface area contributed by atoms with Crippen molar-refractivity contribution in [1.82, 2.24) is 10.4 Å². The van der Waals surface area contributed by atoms with E-state index in [2.05, 4.69) is 5.32 Å². The first-order valence-electron chi connectivity index (χ1n) is 5.49. The van der Waals surface area contributed by atoms with Crippen LogP contribution in [0.25, 0.3) is 0 Å². The molecule has 0 saturated heterocycles. The van der Waals surface area contributed by atoms with Crippen LogP contribution in [0.1, 0.15) is 20.8 Å². The molecule has 0 rings (SSSR count). The number of carboxylic acids is 2. The third-order valence-corrected chi connectivity index (χ3v) is 2.19. The van der Waals surface area contributed by atoms with Crippen LogP contribution in [0.3, 0.4) is 0 Å². The number of rotatable bonds is 9. The van der Waals surface area contributed by atoms with Gasteiger partial charge in [0.05, 0.1) is 0 Å². The number of carboxylic acid groups (broad SMARTS) is 2. The average Bonchev–Trinajstić information content (AvgIpc) is 2.26. The summed E-state index contributed by atoms with van der Waals surface area (Å²) in [5, 5.41) is 21.6. The summed E-state index contributed by atoms with van der Waals surface area (Å²) in [6.45, 7) is 6.17. The molecule has 2 atom stereocenters. The minimum absolute atomic E-state index is 0.